The van der Waals surface area contributed by atoms with Gasteiger partial charge in [-0.2, -0.15) is 0 Å². The van der Waals surface area contributed by atoms with Crippen molar-refractivity contribution >= 4 is 18.0 Å². The summed E-state index contributed by atoms with van der Waals surface area (Å²) in [5, 5.41) is 11.8. The van der Waals surface area contributed by atoms with Crippen LogP contribution in [-0.2, 0) is 19.1 Å². The monoisotopic (exact) mass is 466 g/mol. The molecule has 1 saturated heterocycles. The summed E-state index contributed by atoms with van der Waals surface area (Å²) in [6, 6.07) is 14.8. The van der Waals surface area contributed by atoms with Crippen LogP contribution in [0.3, 0.4) is 0 Å². The lowest BCUT2D eigenvalue weighted by molar-refractivity contribution is -0.143. The number of nitrogens with zero attached hydrogens (tertiary/aromatic N) is 1. The number of carboxylic acid groups (broad SMARTS) is 1. The van der Waals surface area contributed by atoms with Crippen LogP contribution in [0.15, 0.2) is 48.5 Å². The fraction of sp³-hybridized carbons (Fsp3) is 0.423. The zero-order valence-corrected chi connectivity index (χ0v) is 19.2. The van der Waals surface area contributed by atoms with Gasteiger partial charge in [-0.25, -0.2) is 4.79 Å². The lowest BCUT2D eigenvalue weighted by Crippen LogP contribution is -2.51. The average molecular weight is 467 g/mol. The normalized spacial score (nSPS) is 17.5. The van der Waals surface area contributed by atoms with Crippen LogP contribution in [0, 0.1) is 0 Å². The summed E-state index contributed by atoms with van der Waals surface area (Å²) in [6.45, 7) is 3.32. The van der Waals surface area contributed by atoms with E-state index >= 15 is 0 Å². The highest BCUT2D eigenvalue weighted by Gasteiger charge is 2.32. The molecular formula is C26H30N2O6. The van der Waals surface area contributed by atoms with Crippen molar-refractivity contribution in [3.8, 4) is 11.1 Å². The summed E-state index contributed by atoms with van der Waals surface area (Å²) < 4.78 is 11.1. The topological polar surface area (TPSA) is 105 Å². The van der Waals surface area contributed by atoms with Gasteiger partial charge >= 0.3 is 12.1 Å². The second-order valence-corrected chi connectivity index (χ2v) is 8.63. The molecular weight excluding hydrogens is 436 g/mol. The smallest absolute Gasteiger partial charge is 0.407 e. The summed E-state index contributed by atoms with van der Waals surface area (Å²) in [4.78, 5) is 38.7. The molecule has 0 saturated carbocycles. The summed E-state index contributed by atoms with van der Waals surface area (Å²) in [7, 11) is 0. The van der Waals surface area contributed by atoms with Crippen molar-refractivity contribution in [3.63, 3.8) is 0 Å². The molecule has 8 nitrogen and oxygen atoms in total. The Balaban J connectivity index is 1.41. The molecule has 2 N–H and O–H groups in total. The van der Waals surface area contributed by atoms with Crippen molar-refractivity contribution in [2.45, 2.75) is 44.2 Å². The number of fused-ring (bicyclic) bond motifs is 3. The Labute approximate surface area is 198 Å². The van der Waals surface area contributed by atoms with E-state index in [9.17, 15) is 19.5 Å². The number of amides is 2. The Kier molecular flexibility index (Phi) is 7.47. The van der Waals surface area contributed by atoms with Crippen LogP contribution in [0.1, 0.15) is 43.2 Å². The summed E-state index contributed by atoms with van der Waals surface area (Å²) in [5.74, 6) is -1.75. The van der Waals surface area contributed by atoms with Crippen LogP contribution in [0.4, 0.5) is 4.79 Å². The van der Waals surface area contributed by atoms with Crippen molar-refractivity contribution in [3.05, 3.63) is 59.7 Å². The summed E-state index contributed by atoms with van der Waals surface area (Å²) in [6.07, 6.45) is 0.393. The SMILES string of the molecule is CCN(CC1CCCO1)C(=O)C(CC(=O)O)NC(=O)OCC1c2ccccc2-c2ccccc21. The number of likely N-dealkylation sites (N-methyl/N-ethyl adjacent to an activating group) is 1. The molecule has 2 atom stereocenters. The number of hydrogen-bond donors (Lipinski definition) is 2. The largest absolute Gasteiger partial charge is 0.481 e. The van der Waals surface area contributed by atoms with E-state index in [0.29, 0.717) is 19.7 Å². The Bertz CT molecular complexity index is 1000. The highest BCUT2D eigenvalue weighted by Crippen LogP contribution is 2.44. The van der Waals surface area contributed by atoms with E-state index in [0.717, 1.165) is 35.1 Å². The number of carboxylic acids is 1. The molecule has 1 aliphatic heterocycles. The lowest BCUT2D eigenvalue weighted by Gasteiger charge is -2.28. The van der Waals surface area contributed by atoms with Crippen molar-refractivity contribution < 1.29 is 29.0 Å². The van der Waals surface area contributed by atoms with Gasteiger partial charge in [0.05, 0.1) is 12.5 Å². The maximum Gasteiger partial charge on any atom is 0.407 e. The molecule has 8 heteroatoms. The number of alkyl carbamates (subject to hydrolysis) is 1. The van der Waals surface area contributed by atoms with Crippen molar-refractivity contribution in [1.82, 2.24) is 10.2 Å². The molecule has 34 heavy (non-hydrogen) atoms. The predicted octanol–water partition coefficient (Wildman–Crippen LogP) is 3.40. The quantitative estimate of drug-likeness (QED) is 0.587. The molecule has 1 fully saturated rings. The Morgan fingerprint density at radius 1 is 1.12 bits per heavy atom. The van der Waals surface area contributed by atoms with Gasteiger partial charge in [0.15, 0.2) is 0 Å². The fourth-order valence-corrected chi connectivity index (χ4v) is 4.79. The van der Waals surface area contributed by atoms with Gasteiger partial charge in [-0.05, 0) is 42.0 Å². The second kappa shape index (κ2) is 10.7. The average Bonchev–Trinajstić information content (AvgIpc) is 3.46. The molecule has 0 bridgehead atoms. The van der Waals surface area contributed by atoms with E-state index in [1.54, 1.807) is 0 Å². The molecule has 180 valence electrons. The molecule has 1 heterocycles. The van der Waals surface area contributed by atoms with E-state index in [2.05, 4.69) is 5.32 Å². The minimum Gasteiger partial charge on any atom is -0.481 e. The summed E-state index contributed by atoms with van der Waals surface area (Å²) >= 11 is 0. The van der Waals surface area contributed by atoms with Crippen LogP contribution in [0.2, 0.25) is 0 Å². The van der Waals surface area contributed by atoms with Crippen LogP contribution < -0.4 is 5.32 Å². The number of hydrogen-bond acceptors (Lipinski definition) is 5. The number of aliphatic carboxylic acids is 1. The van der Waals surface area contributed by atoms with Crippen LogP contribution in [0.5, 0.6) is 0 Å². The maximum absolute atomic E-state index is 13.1. The second-order valence-electron chi connectivity index (χ2n) is 8.63. The first kappa shape index (κ1) is 23.8. The van der Waals surface area contributed by atoms with Crippen molar-refractivity contribution in [2.75, 3.05) is 26.3 Å². The maximum atomic E-state index is 13.1. The van der Waals surface area contributed by atoms with Crippen molar-refractivity contribution in [1.29, 1.82) is 0 Å². The highest BCUT2D eigenvalue weighted by atomic mass is 16.5. The predicted molar refractivity (Wildman–Crippen MR) is 125 cm³/mol. The van der Waals surface area contributed by atoms with Gasteiger partial charge in [0, 0.05) is 25.6 Å². The molecule has 2 aromatic rings. The van der Waals surface area contributed by atoms with Gasteiger partial charge < -0.3 is 24.8 Å². The van der Waals surface area contributed by atoms with E-state index in [-0.39, 0.29) is 18.6 Å². The van der Waals surface area contributed by atoms with E-state index < -0.39 is 30.4 Å². The van der Waals surface area contributed by atoms with Gasteiger partial charge in [-0.15, -0.1) is 0 Å². The highest BCUT2D eigenvalue weighted by molar-refractivity contribution is 5.89. The molecule has 0 aromatic heterocycles. The van der Waals surface area contributed by atoms with E-state index in [1.807, 2.05) is 55.5 Å². The van der Waals surface area contributed by atoms with Gasteiger partial charge in [-0.1, -0.05) is 48.5 Å². The molecule has 4 rings (SSSR count). The zero-order chi connectivity index (χ0) is 24.1. The number of carbonyl (C=O) groups excluding carboxylic acids is 2. The summed E-state index contributed by atoms with van der Waals surface area (Å²) in [5.41, 5.74) is 4.37. The first-order valence-electron chi connectivity index (χ1n) is 11.7. The number of carbonyl (C=O) groups is 3. The minimum atomic E-state index is -1.21. The number of ether oxygens (including phenoxy) is 2. The lowest BCUT2D eigenvalue weighted by atomic mass is 9.98. The third-order valence-corrected chi connectivity index (χ3v) is 6.45. The molecule has 0 radical (unpaired) electrons. The molecule has 1 aliphatic carbocycles. The number of nitrogens with one attached hydrogen (secondary N) is 1. The Morgan fingerprint density at radius 3 is 2.32 bits per heavy atom. The molecule has 2 unspecified atom stereocenters. The first-order valence-corrected chi connectivity index (χ1v) is 11.7. The first-order chi connectivity index (χ1) is 16.5. The Morgan fingerprint density at radius 2 is 1.76 bits per heavy atom. The van der Waals surface area contributed by atoms with Gasteiger partial charge in [0.25, 0.3) is 0 Å². The molecule has 2 amide bonds. The zero-order valence-electron chi connectivity index (χ0n) is 19.2. The number of benzene rings is 2. The molecule has 0 spiro atoms. The van der Waals surface area contributed by atoms with E-state index in [4.69, 9.17) is 9.47 Å². The third-order valence-electron chi connectivity index (χ3n) is 6.45. The van der Waals surface area contributed by atoms with Crippen LogP contribution in [-0.4, -0.2) is 66.4 Å². The van der Waals surface area contributed by atoms with Gasteiger partial charge in [-0.3, -0.25) is 9.59 Å². The number of rotatable bonds is 9. The van der Waals surface area contributed by atoms with E-state index in [1.165, 1.54) is 4.90 Å². The minimum absolute atomic E-state index is 0.0659. The van der Waals surface area contributed by atoms with Crippen LogP contribution >= 0.6 is 0 Å². The van der Waals surface area contributed by atoms with Gasteiger partial charge in [0.1, 0.15) is 12.6 Å². The standard InChI is InChI=1S/C26H30N2O6/c1-2-28(15-17-8-7-13-33-17)25(31)23(14-24(29)30)27-26(32)34-16-22-20-11-5-3-9-18(20)19-10-4-6-12-21(19)22/h3-6,9-12,17,22-23H,2,7-8,13-16H2,1H3,(H,27,32)(H,29,30). The van der Waals surface area contributed by atoms with Crippen LogP contribution in [0.25, 0.3) is 11.1 Å². The van der Waals surface area contributed by atoms with Crippen molar-refractivity contribution in [2.24, 2.45) is 0 Å². The third kappa shape index (κ3) is 5.22. The van der Waals surface area contributed by atoms with Gasteiger partial charge in [0.2, 0.25) is 5.91 Å². The Hall–Kier alpha value is -3.39. The molecule has 2 aromatic carbocycles. The molecule has 2 aliphatic rings. The fourth-order valence-electron chi connectivity index (χ4n) is 4.79.